The highest BCUT2D eigenvalue weighted by atomic mass is 16.3. The number of hydrogen-bond acceptors (Lipinski definition) is 1. The summed E-state index contributed by atoms with van der Waals surface area (Å²) in [5.74, 6) is 0. The number of aliphatic hydroxyl groups excluding tert-OH is 1. The molecule has 0 bridgehead atoms. The summed E-state index contributed by atoms with van der Waals surface area (Å²) in [5.41, 5.74) is 1.32. The van der Waals surface area contributed by atoms with Crippen LogP contribution in [0, 0.1) is 6.92 Å². The summed E-state index contributed by atoms with van der Waals surface area (Å²) in [6.07, 6.45) is -0.167. The molecule has 0 atom stereocenters. The molecule has 0 aliphatic heterocycles. The molecular weight excluding hydrogens is 208 g/mol. The number of aryl methyl sites for hydroxylation is 1. The van der Waals surface area contributed by atoms with Crippen LogP contribution >= 0.6 is 0 Å². The van der Waals surface area contributed by atoms with Crippen LogP contribution in [-0.4, -0.2) is 11.2 Å². The number of rotatable bonds is 0. The number of benzene rings is 2. The van der Waals surface area contributed by atoms with Crippen molar-refractivity contribution >= 4 is 0 Å². The highest BCUT2D eigenvalue weighted by Gasteiger charge is 1.72. The Morgan fingerprint density at radius 2 is 0.941 bits per heavy atom. The van der Waals surface area contributed by atoms with Crippen LogP contribution in [0.3, 0.4) is 0 Å². The minimum atomic E-state index is -0.167. The van der Waals surface area contributed by atoms with Gasteiger partial charge in [0.05, 0.1) is 0 Å². The van der Waals surface area contributed by atoms with E-state index in [-0.39, 0.29) is 6.10 Å². The van der Waals surface area contributed by atoms with Crippen LogP contribution < -0.4 is 0 Å². The Balaban J connectivity index is 0.000000236. The van der Waals surface area contributed by atoms with Crippen molar-refractivity contribution in [1.29, 1.82) is 0 Å². The highest BCUT2D eigenvalue weighted by molar-refractivity contribution is 5.11. The molecule has 1 N–H and O–H groups in total. The molecule has 1 heteroatoms. The predicted molar refractivity (Wildman–Crippen MR) is 75.0 cm³/mol. The smallest absolute Gasteiger partial charge is 0.0483 e. The summed E-state index contributed by atoms with van der Waals surface area (Å²) in [4.78, 5) is 0. The normalized spacial score (nSPS) is 8.53. The molecular formula is C16H22O. The van der Waals surface area contributed by atoms with Crippen molar-refractivity contribution in [2.45, 2.75) is 26.9 Å². The molecule has 0 saturated heterocycles. The van der Waals surface area contributed by atoms with Crippen molar-refractivity contribution < 1.29 is 5.11 Å². The zero-order chi connectivity index (χ0) is 12.9. The van der Waals surface area contributed by atoms with Crippen molar-refractivity contribution in [2.75, 3.05) is 0 Å². The van der Waals surface area contributed by atoms with Crippen molar-refractivity contribution in [3.05, 3.63) is 72.3 Å². The van der Waals surface area contributed by atoms with Gasteiger partial charge in [-0.15, -0.1) is 0 Å². The quantitative estimate of drug-likeness (QED) is 0.723. The van der Waals surface area contributed by atoms with Gasteiger partial charge in [0, 0.05) is 6.10 Å². The van der Waals surface area contributed by atoms with E-state index in [1.54, 1.807) is 13.8 Å². The minimum Gasteiger partial charge on any atom is -0.394 e. The van der Waals surface area contributed by atoms with Crippen LogP contribution in [0.25, 0.3) is 0 Å². The maximum absolute atomic E-state index is 8.06. The molecule has 0 aromatic heterocycles. The van der Waals surface area contributed by atoms with Gasteiger partial charge in [0.1, 0.15) is 0 Å². The van der Waals surface area contributed by atoms with Gasteiger partial charge in [0.2, 0.25) is 0 Å². The molecule has 0 spiro atoms. The van der Waals surface area contributed by atoms with E-state index in [9.17, 15) is 0 Å². The summed E-state index contributed by atoms with van der Waals surface area (Å²) in [6, 6.07) is 22.3. The van der Waals surface area contributed by atoms with E-state index in [0.717, 1.165) is 0 Å². The average Bonchev–Trinajstić information content (AvgIpc) is 2.32. The molecule has 0 saturated carbocycles. The zero-order valence-corrected chi connectivity index (χ0v) is 10.9. The van der Waals surface area contributed by atoms with Crippen molar-refractivity contribution in [2.24, 2.45) is 0 Å². The van der Waals surface area contributed by atoms with Gasteiger partial charge in [0.25, 0.3) is 0 Å². The third-order valence-electron chi connectivity index (χ3n) is 1.61. The van der Waals surface area contributed by atoms with Gasteiger partial charge in [-0.2, -0.15) is 0 Å². The summed E-state index contributed by atoms with van der Waals surface area (Å²) >= 11 is 0. The fourth-order valence-corrected chi connectivity index (χ4v) is 0.919. The van der Waals surface area contributed by atoms with Gasteiger partial charge < -0.3 is 5.11 Å². The first kappa shape index (κ1) is 15.4. The summed E-state index contributed by atoms with van der Waals surface area (Å²) < 4.78 is 0. The molecule has 2 aromatic carbocycles. The standard InChI is InChI=1S/C7H8.C6H6.C3H8O/c1-7-5-3-2-4-6-7;1-2-4-6-5-3-1;1-3(2)4/h2-6H,1H3;1-6H;3-4H,1-2H3. The lowest BCUT2D eigenvalue weighted by atomic mass is 10.2. The molecule has 2 rings (SSSR count). The lowest BCUT2D eigenvalue weighted by Crippen LogP contribution is -1.85. The van der Waals surface area contributed by atoms with Crippen LogP contribution in [0.5, 0.6) is 0 Å². The maximum atomic E-state index is 8.06. The third kappa shape index (κ3) is 14.4. The molecule has 0 radical (unpaired) electrons. The molecule has 0 fully saturated rings. The van der Waals surface area contributed by atoms with Crippen molar-refractivity contribution in [3.63, 3.8) is 0 Å². The van der Waals surface area contributed by atoms with Gasteiger partial charge in [0.15, 0.2) is 0 Å². The minimum absolute atomic E-state index is 0.167. The third-order valence-corrected chi connectivity index (χ3v) is 1.61. The summed E-state index contributed by atoms with van der Waals surface area (Å²) in [6.45, 7) is 5.53. The highest BCUT2D eigenvalue weighted by Crippen LogP contribution is 1.92. The predicted octanol–water partition coefficient (Wildman–Crippen LogP) is 4.07. The summed E-state index contributed by atoms with van der Waals surface area (Å²) in [7, 11) is 0. The van der Waals surface area contributed by atoms with Gasteiger partial charge in [-0.1, -0.05) is 72.3 Å². The Morgan fingerprint density at radius 3 is 1.12 bits per heavy atom. The van der Waals surface area contributed by atoms with E-state index in [4.69, 9.17) is 5.11 Å². The second kappa shape index (κ2) is 10.9. The molecule has 2 aromatic rings. The van der Waals surface area contributed by atoms with Gasteiger partial charge >= 0.3 is 0 Å². The van der Waals surface area contributed by atoms with Crippen LogP contribution in [0.1, 0.15) is 19.4 Å². The van der Waals surface area contributed by atoms with Crippen molar-refractivity contribution in [1.82, 2.24) is 0 Å². The van der Waals surface area contributed by atoms with Crippen LogP contribution in [0.15, 0.2) is 66.7 Å². The Kier molecular flexibility index (Phi) is 9.88. The second-order valence-electron chi connectivity index (χ2n) is 3.90. The topological polar surface area (TPSA) is 20.2 Å². The Bertz CT molecular complexity index is 311. The molecule has 0 unspecified atom stereocenters. The van der Waals surface area contributed by atoms with Crippen LogP contribution in [0.2, 0.25) is 0 Å². The van der Waals surface area contributed by atoms with E-state index in [0.29, 0.717) is 0 Å². The molecule has 92 valence electrons. The molecule has 1 nitrogen and oxygen atoms in total. The monoisotopic (exact) mass is 230 g/mol. The van der Waals surface area contributed by atoms with E-state index < -0.39 is 0 Å². The Morgan fingerprint density at radius 1 is 0.706 bits per heavy atom. The fraction of sp³-hybridized carbons (Fsp3) is 0.250. The van der Waals surface area contributed by atoms with Gasteiger partial charge in [-0.25, -0.2) is 0 Å². The maximum Gasteiger partial charge on any atom is 0.0483 e. The van der Waals surface area contributed by atoms with Gasteiger partial charge in [-0.05, 0) is 20.8 Å². The van der Waals surface area contributed by atoms with E-state index >= 15 is 0 Å². The first-order chi connectivity index (χ1) is 8.13. The van der Waals surface area contributed by atoms with E-state index in [1.807, 2.05) is 54.6 Å². The SMILES string of the molecule is CC(C)O.Cc1ccccc1.c1ccccc1. The van der Waals surface area contributed by atoms with E-state index in [1.165, 1.54) is 5.56 Å². The van der Waals surface area contributed by atoms with Crippen LogP contribution in [-0.2, 0) is 0 Å². The van der Waals surface area contributed by atoms with Crippen molar-refractivity contribution in [3.8, 4) is 0 Å². The first-order valence-corrected chi connectivity index (χ1v) is 5.82. The molecule has 0 aliphatic carbocycles. The summed E-state index contributed by atoms with van der Waals surface area (Å²) in [5, 5.41) is 8.06. The lowest BCUT2D eigenvalue weighted by Gasteiger charge is -1.82. The number of aliphatic hydroxyl groups is 1. The molecule has 17 heavy (non-hydrogen) atoms. The fourth-order valence-electron chi connectivity index (χ4n) is 0.919. The lowest BCUT2D eigenvalue weighted by molar-refractivity contribution is 0.216. The number of hydrogen-bond donors (Lipinski definition) is 1. The van der Waals surface area contributed by atoms with Crippen LogP contribution in [0.4, 0.5) is 0 Å². The molecule has 0 heterocycles. The molecule has 0 aliphatic rings. The second-order valence-corrected chi connectivity index (χ2v) is 3.90. The Labute approximate surface area is 105 Å². The van der Waals surface area contributed by atoms with E-state index in [2.05, 4.69) is 19.1 Å². The molecule has 0 amide bonds. The first-order valence-electron chi connectivity index (χ1n) is 5.82. The largest absolute Gasteiger partial charge is 0.394 e. The average molecular weight is 230 g/mol. The zero-order valence-electron chi connectivity index (χ0n) is 10.9. The van der Waals surface area contributed by atoms with Gasteiger partial charge in [-0.3, -0.25) is 0 Å². The Hall–Kier alpha value is -1.60.